The molecule has 0 atom stereocenters. The van der Waals surface area contributed by atoms with Crippen LogP contribution in [0.2, 0.25) is 0 Å². The van der Waals surface area contributed by atoms with Crippen LogP contribution in [-0.2, 0) is 0 Å². The predicted molar refractivity (Wildman–Crippen MR) is 72.3 cm³/mol. The highest BCUT2D eigenvalue weighted by atomic mass is 16.6. The molecule has 0 unspecified atom stereocenters. The number of carbonyl (C=O) groups excluding carboxylic acids is 1. The highest BCUT2D eigenvalue weighted by molar-refractivity contribution is 6.05. The molecule has 3 heterocycles. The molecule has 1 aliphatic rings. The number of amides is 1. The van der Waals surface area contributed by atoms with Crippen LogP contribution in [0.25, 0.3) is 0 Å². The van der Waals surface area contributed by atoms with E-state index in [1.807, 2.05) is 6.07 Å². The number of carbonyl (C=O) groups is 1. The Kier molecular flexibility index (Phi) is 3.20. The molecule has 0 radical (unpaired) electrons. The van der Waals surface area contributed by atoms with Crippen LogP contribution < -0.4 is 16.0 Å². The summed E-state index contributed by atoms with van der Waals surface area (Å²) in [5.41, 5.74) is 5.99. The number of anilines is 3. The summed E-state index contributed by atoms with van der Waals surface area (Å²) in [5, 5.41) is 9.44. The van der Waals surface area contributed by atoms with E-state index in [0.717, 1.165) is 18.9 Å². The number of rotatable bonds is 3. The van der Waals surface area contributed by atoms with E-state index in [0.29, 0.717) is 5.69 Å². The average molecular weight is 274 g/mol. The van der Waals surface area contributed by atoms with Gasteiger partial charge in [-0.2, -0.15) is 0 Å². The molecule has 0 saturated carbocycles. The molecule has 8 nitrogen and oxygen atoms in total. The minimum absolute atomic E-state index is 0.0337. The van der Waals surface area contributed by atoms with E-state index in [4.69, 9.17) is 5.73 Å². The lowest BCUT2D eigenvalue weighted by Crippen LogP contribution is -2.19. The van der Waals surface area contributed by atoms with Gasteiger partial charge >= 0.3 is 0 Å². The van der Waals surface area contributed by atoms with Crippen LogP contribution in [0.4, 0.5) is 17.3 Å². The van der Waals surface area contributed by atoms with Gasteiger partial charge in [0, 0.05) is 13.1 Å². The molecule has 3 rings (SSSR count). The Morgan fingerprint density at radius 3 is 2.70 bits per heavy atom. The van der Waals surface area contributed by atoms with Gasteiger partial charge in [0.15, 0.2) is 0 Å². The summed E-state index contributed by atoms with van der Waals surface area (Å²) in [7, 11) is 0. The van der Waals surface area contributed by atoms with Gasteiger partial charge in [-0.25, -0.2) is 9.61 Å². The van der Waals surface area contributed by atoms with Crippen LogP contribution in [-0.4, -0.2) is 34.3 Å². The SMILES string of the molecule is Nc1nonc1C(=O)Nc1ccc(N2CCCC2)nc1. The first-order chi connectivity index (χ1) is 9.74. The van der Waals surface area contributed by atoms with Crippen molar-refractivity contribution in [2.24, 2.45) is 0 Å². The summed E-state index contributed by atoms with van der Waals surface area (Å²) < 4.78 is 4.38. The number of hydrogen-bond acceptors (Lipinski definition) is 7. The van der Waals surface area contributed by atoms with Crippen LogP contribution in [0, 0.1) is 0 Å². The van der Waals surface area contributed by atoms with Crippen LogP contribution in [0.3, 0.4) is 0 Å². The van der Waals surface area contributed by atoms with E-state index in [-0.39, 0.29) is 11.5 Å². The van der Waals surface area contributed by atoms with Gasteiger partial charge in [0.05, 0.1) is 11.9 Å². The topological polar surface area (TPSA) is 110 Å². The van der Waals surface area contributed by atoms with Crippen LogP contribution >= 0.6 is 0 Å². The van der Waals surface area contributed by atoms with Crippen LogP contribution in [0.15, 0.2) is 23.0 Å². The quantitative estimate of drug-likeness (QED) is 0.855. The Hall–Kier alpha value is -2.64. The lowest BCUT2D eigenvalue weighted by atomic mass is 10.3. The summed E-state index contributed by atoms with van der Waals surface area (Å²) >= 11 is 0. The molecule has 0 spiro atoms. The minimum Gasteiger partial charge on any atom is -0.379 e. The van der Waals surface area contributed by atoms with Crippen molar-refractivity contribution in [3.05, 3.63) is 24.0 Å². The second-order valence-electron chi connectivity index (χ2n) is 4.55. The Morgan fingerprint density at radius 2 is 2.10 bits per heavy atom. The van der Waals surface area contributed by atoms with Gasteiger partial charge in [-0.1, -0.05) is 0 Å². The van der Waals surface area contributed by atoms with Crippen molar-refractivity contribution >= 4 is 23.2 Å². The van der Waals surface area contributed by atoms with Gasteiger partial charge in [-0.05, 0) is 35.3 Å². The molecule has 1 amide bonds. The number of nitrogens with one attached hydrogen (secondary N) is 1. The number of nitrogens with zero attached hydrogens (tertiary/aromatic N) is 4. The standard InChI is InChI=1S/C12H14N6O2/c13-11-10(16-20-17-11)12(19)15-8-3-4-9(14-7-8)18-5-1-2-6-18/h3-4,7H,1-2,5-6H2,(H2,13,17)(H,15,19). The van der Waals surface area contributed by atoms with Gasteiger partial charge < -0.3 is 16.0 Å². The Labute approximate surface area is 114 Å². The molecule has 20 heavy (non-hydrogen) atoms. The molecule has 0 aromatic carbocycles. The van der Waals surface area contributed by atoms with Gasteiger partial charge in [0.2, 0.25) is 11.5 Å². The number of aromatic nitrogens is 3. The molecule has 1 fully saturated rings. The van der Waals surface area contributed by atoms with Crippen molar-refractivity contribution in [2.45, 2.75) is 12.8 Å². The third-order valence-electron chi connectivity index (χ3n) is 3.16. The lowest BCUT2D eigenvalue weighted by Gasteiger charge is -2.16. The molecule has 1 saturated heterocycles. The first-order valence-electron chi connectivity index (χ1n) is 6.34. The minimum atomic E-state index is -0.473. The molecule has 8 heteroatoms. The largest absolute Gasteiger partial charge is 0.379 e. The normalized spacial score (nSPS) is 14.5. The Morgan fingerprint density at radius 1 is 1.30 bits per heavy atom. The summed E-state index contributed by atoms with van der Waals surface area (Å²) in [6.07, 6.45) is 3.99. The fourth-order valence-corrected chi connectivity index (χ4v) is 2.14. The van der Waals surface area contributed by atoms with E-state index in [9.17, 15) is 4.79 Å². The third-order valence-corrected chi connectivity index (χ3v) is 3.16. The molecule has 1 aliphatic heterocycles. The zero-order chi connectivity index (χ0) is 13.9. The van der Waals surface area contributed by atoms with Gasteiger partial charge in [-0.3, -0.25) is 4.79 Å². The van der Waals surface area contributed by atoms with Crippen molar-refractivity contribution in [3.63, 3.8) is 0 Å². The maximum absolute atomic E-state index is 11.8. The van der Waals surface area contributed by atoms with E-state index < -0.39 is 5.91 Å². The smallest absolute Gasteiger partial charge is 0.281 e. The van der Waals surface area contributed by atoms with Crippen molar-refractivity contribution in [1.29, 1.82) is 0 Å². The Balaban J connectivity index is 1.69. The second-order valence-corrected chi connectivity index (χ2v) is 4.55. The summed E-state index contributed by atoms with van der Waals surface area (Å²) in [5.74, 6) is 0.409. The van der Waals surface area contributed by atoms with Gasteiger partial charge in [-0.15, -0.1) is 0 Å². The van der Waals surface area contributed by atoms with E-state index >= 15 is 0 Å². The summed E-state index contributed by atoms with van der Waals surface area (Å²) in [6, 6.07) is 3.67. The van der Waals surface area contributed by atoms with Crippen molar-refractivity contribution < 1.29 is 9.42 Å². The highest BCUT2D eigenvalue weighted by Gasteiger charge is 2.17. The summed E-state index contributed by atoms with van der Waals surface area (Å²) in [6.45, 7) is 2.06. The molecule has 2 aromatic rings. The second kappa shape index (κ2) is 5.16. The van der Waals surface area contributed by atoms with Gasteiger partial charge in [0.1, 0.15) is 5.82 Å². The maximum Gasteiger partial charge on any atom is 0.281 e. The third kappa shape index (κ3) is 2.40. The van der Waals surface area contributed by atoms with Gasteiger partial charge in [0.25, 0.3) is 5.91 Å². The number of nitrogen functional groups attached to an aromatic ring is 1. The average Bonchev–Trinajstić information content (AvgIpc) is 3.10. The van der Waals surface area contributed by atoms with Crippen LogP contribution in [0.1, 0.15) is 23.3 Å². The molecular weight excluding hydrogens is 260 g/mol. The zero-order valence-electron chi connectivity index (χ0n) is 10.7. The molecule has 104 valence electrons. The monoisotopic (exact) mass is 274 g/mol. The maximum atomic E-state index is 11.8. The van der Waals surface area contributed by atoms with Crippen molar-refractivity contribution in [3.8, 4) is 0 Å². The lowest BCUT2D eigenvalue weighted by molar-refractivity contribution is 0.101. The zero-order valence-corrected chi connectivity index (χ0v) is 10.7. The highest BCUT2D eigenvalue weighted by Crippen LogP contribution is 2.19. The number of hydrogen-bond donors (Lipinski definition) is 2. The fraction of sp³-hybridized carbons (Fsp3) is 0.333. The first kappa shape index (κ1) is 12.4. The Bertz CT molecular complexity index is 603. The fourth-order valence-electron chi connectivity index (χ4n) is 2.14. The molecular formula is C12H14N6O2. The van der Waals surface area contributed by atoms with E-state index in [2.05, 4.69) is 30.1 Å². The molecule has 0 bridgehead atoms. The molecule has 0 aliphatic carbocycles. The van der Waals surface area contributed by atoms with E-state index in [1.165, 1.54) is 12.8 Å². The van der Waals surface area contributed by atoms with Crippen molar-refractivity contribution in [1.82, 2.24) is 15.3 Å². The van der Waals surface area contributed by atoms with E-state index in [1.54, 1.807) is 12.3 Å². The summed E-state index contributed by atoms with van der Waals surface area (Å²) in [4.78, 5) is 18.4. The first-order valence-corrected chi connectivity index (χ1v) is 6.34. The van der Waals surface area contributed by atoms with Crippen molar-refractivity contribution in [2.75, 3.05) is 29.0 Å². The number of nitrogens with two attached hydrogens (primary N) is 1. The molecule has 3 N–H and O–H groups in total. The van der Waals surface area contributed by atoms with Crippen LogP contribution in [0.5, 0.6) is 0 Å². The number of pyridine rings is 1. The molecule has 2 aromatic heterocycles. The predicted octanol–water partition coefficient (Wildman–Crippen LogP) is 0.899.